The second-order valence-electron chi connectivity index (χ2n) is 6.59. The highest BCUT2D eigenvalue weighted by molar-refractivity contribution is 9.10. The zero-order valence-electron chi connectivity index (χ0n) is 15.4. The number of hydrogen-bond donors (Lipinski definition) is 2. The first kappa shape index (κ1) is 19.0. The molecule has 3 aromatic rings. The molecule has 0 aliphatic carbocycles. The molecular weight excluding hydrogens is 439 g/mol. The zero-order chi connectivity index (χ0) is 20.5. The lowest BCUT2D eigenvalue weighted by molar-refractivity contribution is 0.301. The van der Waals surface area contributed by atoms with Gasteiger partial charge in [-0.3, -0.25) is 5.10 Å². The average Bonchev–Trinajstić information content (AvgIpc) is 3.07. The van der Waals surface area contributed by atoms with Crippen molar-refractivity contribution < 1.29 is 13.9 Å². The van der Waals surface area contributed by atoms with Crippen LogP contribution in [0, 0.1) is 24.1 Å². The molecule has 1 aliphatic heterocycles. The number of benzene rings is 2. The number of nitrogens with zero attached hydrogens (tertiary/aromatic N) is 2. The maximum atomic E-state index is 13.2. The second-order valence-corrected chi connectivity index (χ2v) is 7.51. The molecule has 0 fully saturated rings. The maximum absolute atomic E-state index is 13.2. The number of nitriles is 1. The Balaban J connectivity index is 1.78. The van der Waals surface area contributed by atoms with Gasteiger partial charge in [-0.25, -0.2) is 4.39 Å². The first-order chi connectivity index (χ1) is 14.0. The quantitative estimate of drug-likeness (QED) is 0.607. The van der Waals surface area contributed by atoms with Crippen molar-refractivity contribution in [2.75, 3.05) is 0 Å². The Bertz CT molecular complexity index is 1150. The molecule has 3 N–H and O–H groups in total. The van der Waals surface area contributed by atoms with Crippen LogP contribution in [0.4, 0.5) is 4.39 Å². The Morgan fingerprint density at radius 2 is 2.07 bits per heavy atom. The lowest BCUT2D eigenvalue weighted by Gasteiger charge is -2.25. The van der Waals surface area contributed by atoms with Crippen molar-refractivity contribution in [3.05, 3.63) is 86.6 Å². The van der Waals surface area contributed by atoms with Crippen LogP contribution < -0.4 is 15.2 Å². The average molecular weight is 455 g/mol. The van der Waals surface area contributed by atoms with Crippen LogP contribution in [-0.4, -0.2) is 10.2 Å². The number of H-pyrrole nitrogens is 1. The molecule has 6 nitrogen and oxygen atoms in total. The minimum atomic E-state index is -0.497. The number of nitrogens with two attached hydrogens (primary N) is 1. The van der Waals surface area contributed by atoms with Gasteiger partial charge in [-0.1, -0.05) is 28.1 Å². The minimum Gasteiger partial charge on any atom is -0.489 e. The zero-order valence-corrected chi connectivity index (χ0v) is 17.0. The van der Waals surface area contributed by atoms with Crippen LogP contribution in [0.1, 0.15) is 28.3 Å². The first-order valence-corrected chi connectivity index (χ1v) is 9.56. The van der Waals surface area contributed by atoms with E-state index in [2.05, 4.69) is 32.2 Å². The van der Waals surface area contributed by atoms with Crippen LogP contribution in [0.2, 0.25) is 0 Å². The number of fused-ring (bicyclic) bond motifs is 1. The van der Waals surface area contributed by atoms with Gasteiger partial charge in [-0.2, -0.15) is 5.26 Å². The van der Waals surface area contributed by atoms with Gasteiger partial charge in [-0.15, -0.1) is 5.10 Å². The Hall–Kier alpha value is -3.31. The van der Waals surface area contributed by atoms with Crippen LogP contribution in [-0.2, 0) is 6.61 Å². The van der Waals surface area contributed by atoms with Crippen LogP contribution in [0.25, 0.3) is 0 Å². The number of aromatic amines is 1. The number of aromatic nitrogens is 2. The molecule has 1 atom stereocenters. The molecule has 146 valence electrons. The van der Waals surface area contributed by atoms with Gasteiger partial charge < -0.3 is 15.2 Å². The molecule has 0 saturated carbocycles. The summed E-state index contributed by atoms with van der Waals surface area (Å²) >= 11 is 3.49. The predicted molar refractivity (Wildman–Crippen MR) is 107 cm³/mol. The SMILES string of the molecule is Cc1[nH]nc2c1[C@@H](c1cc(Br)ccc1OCc1ccc(F)cc1)C(C#N)=C(N)O2. The summed E-state index contributed by atoms with van der Waals surface area (Å²) in [7, 11) is 0. The lowest BCUT2D eigenvalue weighted by atomic mass is 9.83. The topological polar surface area (TPSA) is 97.0 Å². The fourth-order valence-electron chi connectivity index (χ4n) is 3.33. The Kier molecular flexibility index (Phi) is 4.99. The molecule has 29 heavy (non-hydrogen) atoms. The number of aryl methyl sites for hydroxylation is 1. The van der Waals surface area contributed by atoms with Gasteiger partial charge >= 0.3 is 0 Å². The van der Waals surface area contributed by atoms with Crippen molar-refractivity contribution in [3.8, 4) is 17.7 Å². The Labute approximate surface area is 174 Å². The highest BCUT2D eigenvalue weighted by Gasteiger charge is 2.36. The van der Waals surface area contributed by atoms with E-state index in [9.17, 15) is 9.65 Å². The number of halogens is 2. The molecule has 0 bridgehead atoms. The summed E-state index contributed by atoms with van der Waals surface area (Å²) in [6, 6.07) is 13.8. The molecule has 0 saturated heterocycles. The van der Waals surface area contributed by atoms with Gasteiger partial charge in [0.05, 0.1) is 5.92 Å². The summed E-state index contributed by atoms with van der Waals surface area (Å²) in [6.45, 7) is 2.10. The summed E-state index contributed by atoms with van der Waals surface area (Å²) in [5.74, 6) is 0.136. The van der Waals surface area contributed by atoms with Gasteiger partial charge in [0.1, 0.15) is 29.8 Å². The Morgan fingerprint density at radius 1 is 1.31 bits per heavy atom. The molecule has 8 heteroatoms. The number of ether oxygens (including phenoxy) is 2. The number of hydrogen-bond acceptors (Lipinski definition) is 5. The molecule has 0 amide bonds. The largest absolute Gasteiger partial charge is 0.489 e. The van der Waals surface area contributed by atoms with Crippen LogP contribution in [0.15, 0.2) is 58.4 Å². The number of allylic oxidation sites excluding steroid dienone is 1. The fourth-order valence-corrected chi connectivity index (χ4v) is 3.71. The van der Waals surface area contributed by atoms with Crippen molar-refractivity contribution >= 4 is 15.9 Å². The highest BCUT2D eigenvalue weighted by atomic mass is 79.9. The molecule has 0 radical (unpaired) electrons. The van der Waals surface area contributed by atoms with Crippen LogP contribution >= 0.6 is 15.9 Å². The van der Waals surface area contributed by atoms with E-state index < -0.39 is 5.92 Å². The lowest BCUT2D eigenvalue weighted by Crippen LogP contribution is -2.21. The van der Waals surface area contributed by atoms with Crippen LogP contribution in [0.5, 0.6) is 11.6 Å². The van der Waals surface area contributed by atoms with E-state index in [1.54, 1.807) is 12.1 Å². The van der Waals surface area contributed by atoms with E-state index in [-0.39, 0.29) is 23.9 Å². The molecule has 2 heterocycles. The Morgan fingerprint density at radius 3 is 2.79 bits per heavy atom. The standard InChI is InChI=1S/C21H16BrFN4O2/c1-11-18-19(16(9-24)20(25)29-21(18)27-26-11)15-8-13(22)4-7-17(15)28-10-12-2-5-14(23)6-3-12/h2-8,19H,10,25H2,1H3,(H,26,27)/t19-/m0/s1. The van der Waals surface area contributed by atoms with Crippen molar-refractivity contribution in [2.45, 2.75) is 19.4 Å². The van der Waals surface area contributed by atoms with Gasteiger partial charge in [-0.05, 0) is 42.8 Å². The van der Waals surface area contributed by atoms with Gasteiger partial charge in [0.25, 0.3) is 0 Å². The molecule has 1 aliphatic rings. The normalized spacial score (nSPS) is 15.4. The third kappa shape index (κ3) is 3.57. The minimum absolute atomic E-state index is 0.0148. The summed E-state index contributed by atoms with van der Waals surface area (Å²) in [5.41, 5.74) is 9.36. The third-order valence-electron chi connectivity index (χ3n) is 4.72. The van der Waals surface area contributed by atoms with E-state index in [1.165, 1.54) is 12.1 Å². The van der Waals surface area contributed by atoms with Crippen molar-refractivity contribution in [1.29, 1.82) is 5.26 Å². The molecule has 2 aromatic carbocycles. The van der Waals surface area contributed by atoms with Gasteiger partial charge in [0, 0.05) is 21.3 Å². The molecule has 0 unspecified atom stereocenters. The smallest absolute Gasteiger partial charge is 0.244 e. The fraction of sp³-hybridized carbons (Fsp3) is 0.143. The maximum Gasteiger partial charge on any atom is 0.244 e. The van der Waals surface area contributed by atoms with E-state index in [0.717, 1.165) is 26.9 Å². The monoisotopic (exact) mass is 454 g/mol. The number of nitrogens with one attached hydrogen (secondary N) is 1. The van der Waals surface area contributed by atoms with Gasteiger partial charge in [0.15, 0.2) is 0 Å². The summed E-state index contributed by atoms with van der Waals surface area (Å²) in [5, 5.41) is 16.8. The molecule has 4 rings (SSSR count). The molecule has 0 spiro atoms. The summed E-state index contributed by atoms with van der Waals surface area (Å²) in [6.07, 6.45) is 0. The van der Waals surface area contributed by atoms with E-state index in [0.29, 0.717) is 11.6 Å². The van der Waals surface area contributed by atoms with Crippen molar-refractivity contribution in [3.63, 3.8) is 0 Å². The summed E-state index contributed by atoms with van der Waals surface area (Å²) < 4.78 is 25.5. The first-order valence-electron chi connectivity index (χ1n) is 8.77. The van der Waals surface area contributed by atoms with E-state index in [4.69, 9.17) is 15.2 Å². The highest BCUT2D eigenvalue weighted by Crippen LogP contribution is 2.46. The van der Waals surface area contributed by atoms with Crippen molar-refractivity contribution in [1.82, 2.24) is 10.2 Å². The predicted octanol–water partition coefficient (Wildman–Crippen LogP) is 4.42. The molecular formula is C21H16BrFN4O2. The van der Waals surface area contributed by atoms with Crippen LogP contribution in [0.3, 0.4) is 0 Å². The van der Waals surface area contributed by atoms with E-state index in [1.807, 2.05) is 25.1 Å². The van der Waals surface area contributed by atoms with E-state index >= 15 is 0 Å². The summed E-state index contributed by atoms with van der Waals surface area (Å²) in [4.78, 5) is 0. The number of rotatable bonds is 4. The van der Waals surface area contributed by atoms with Gasteiger partial charge in [0.2, 0.25) is 11.8 Å². The third-order valence-corrected chi connectivity index (χ3v) is 5.21. The second kappa shape index (κ2) is 7.60. The molecule has 1 aromatic heterocycles. The van der Waals surface area contributed by atoms with Crippen molar-refractivity contribution in [2.24, 2.45) is 5.73 Å².